The molecule has 0 atom stereocenters. The predicted octanol–water partition coefficient (Wildman–Crippen LogP) is 8.62. The lowest BCUT2D eigenvalue weighted by Gasteiger charge is -2.35. The van der Waals surface area contributed by atoms with Gasteiger partial charge in [-0.05, 0) is 49.5 Å². The first-order valence-electron chi connectivity index (χ1n) is 19.4. The van der Waals surface area contributed by atoms with Crippen molar-refractivity contribution in [3.05, 3.63) is 124 Å². The molecular formula is C43H45Cl3N10O. The minimum absolute atomic E-state index is 0.303. The van der Waals surface area contributed by atoms with E-state index < -0.39 is 0 Å². The van der Waals surface area contributed by atoms with Crippen LogP contribution in [0.2, 0.25) is 15.2 Å². The molecule has 0 saturated carbocycles. The van der Waals surface area contributed by atoms with Crippen molar-refractivity contribution in [1.29, 1.82) is 0 Å². The molecule has 7 aromatic rings. The number of aromatic nitrogens is 6. The summed E-state index contributed by atoms with van der Waals surface area (Å²) >= 11 is 18.6. The molecule has 0 radical (unpaired) electrons. The molecule has 57 heavy (non-hydrogen) atoms. The number of halogens is 3. The van der Waals surface area contributed by atoms with E-state index in [1.807, 2.05) is 30.3 Å². The summed E-state index contributed by atoms with van der Waals surface area (Å²) in [6, 6.07) is 30.1. The first kappa shape index (κ1) is 38.9. The first-order chi connectivity index (χ1) is 27.8. The number of anilines is 2. The third kappa shape index (κ3) is 8.98. The molecule has 2 fully saturated rings. The molecule has 0 unspecified atom stereocenters. The number of nitrogens with zero attached hydrogens (tertiary/aromatic N) is 10. The van der Waals surface area contributed by atoms with Gasteiger partial charge in [-0.1, -0.05) is 79.0 Å². The van der Waals surface area contributed by atoms with Crippen LogP contribution >= 0.6 is 34.8 Å². The van der Waals surface area contributed by atoms with Crippen LogP contribution in [0.5, 0.6) is 5.88 Å². The Kier molecular flexibility index (Phi) is 12.1. The van der Waals surface area contributed by atoms with Crippen molar-refractivity contribution in [2.24, 2.45) is 0 Å². The van der Waals surface area contributed by atoms with Gasteiger partial charge in [0.25, 0.3) is 0 Å². The number of fused-ring (bicyclic) bond motifs is 2. The Bertz CT molecular complexity index is 2420. The average molecular weight is 824 g/mol. The topological polar surface area (TPSA) is 82.6 Å². The number of likely N-dealkylation sites (N-methyl/N-ethyl adjacent to an activating group) is 2. The van der Waals surface area contributed by atoms with Crippen molar-refractivity contribution < 1.29 is 4.74 Å². The Labute approximate surface area is 348 Å². The number of hydrogen-bond donors (Lipinski definition) is 0. The second kappa shape index (κ2) is 17.7. The van der Waals surface area contributed by atoms with Crippen LogP contribution in [0.1, 0.15) is 19.4 Å². The van der Waals surface area contributed by atoms with Gasteiger partial charge in [0.2, 0.25) is 5.88 Å². The van der Waals surface area contributed by atoms with Crippen LogP contribution in [-0.2, 0) is 6.61 Å². The van der Waals surface area contributed by atoms with Gasteiger partial charge in [0.05, 0.1) is 23.8 Å². The first-order valence-corrected chi connectivity index (χ1v) is 20.6. The average Bonchev–Trinajstić information content (AvgIpc) is 3.95. The van der Waals surface area contributed by atoms with E-state index in [1.54, 1.807) is 33.6 Å². The van der Waals surface area contributed by atoms with Gasteiger partial charge in [-0.15, -0.1) is 0 Å². The van der Waals surface area contributed by atoms with Gasteiger partial charge in [-0.2, -0.15) is 14.7 Å². The molecule has 14 heteroatoms. The summed E-state index contributed by atoms with van der Waals surface area (Å²) in [5.74, 6) is 0.603. The molecule has 6 heterocycles. The number of piperazine rings is 2. The molecule has 9 rings (SSSR count). The Hall–Kier alpha value is -4.91. The molecule has 0 N–H and O–H groups in total. The summed E-state index contributed by atoms with van der Waals surface area (Å²) in [5, 5.41) is 10.2. The van der Waals surface area contributed by atoms with Crippen molar-refractivity contribution in [2.75, 3.05) is 75.2 Å². The monoisotopic (exact) mass is 822 g/mol. The van der Waals surface area contributed by atoms with E-state index in [4.69, 9.17) is 44.5 Å². The summed E-state index contributed by atoms with van der Waals surface area (Å²) in [6.07, 6.45) is 3.42. The zero-order valence-corrected chi connectivity index (χ0v) is 34.4. The van der Waals surface area contributed by atoms with Crippen molar-refractivity contribution in [2.45, 2.75) is 20.5 Å². The smallest absolute Gasteiger partial charge is 0.218 e. The molecule has 2 aliphatic heterocycles. The number of hydrogen-bond acceptors (Lipinski definition) is 9. The number of rotatable bonds is 9. The summed E-state index contributed by atoms with van der Waals surface area (Å²) in [7, 11) is 0. The van der Waals surface area contributed by atoms with E-state index in [9.17, 15) is 0 Å². The van der Waals surface area contributed by atoms with Gasteiger partial charge in [-0.25, -0.2) is 14.5 Å². The largest absolute Gasteiger partial charge is 0.473 e. The van der Waals surface area contributed by atoms with Crippen molar-refractivity contribution in [3.8, 4) is 28.4 Å². The van der Waals surface area contributed by atoms with E-state index in [0.717, 1.165) is 105 Å². The third-order valence-corrected chi connectivity index (χ3v) is 11.6. The normalized spacial score (nSPS) is 15.2. The minimum Gasteiger partial charge on any atom is -0.473 e. The molecule has 294 valence electrons. The lowest BCUT2D eigenvalue weighted by molar-refractivity contribution is 0.271. The lowest BCUT2D eigenvalue weighted by atomic mass is 10.1. The Morgan fingerprint density at radius 3 is 1.60 bits per heavy atom. The highest BCUT2D eigenvalue weighted by Crippen LogP contribution is 2.29. The third-order valence-electron chi connectivity index (χ3n) is 10.7. The molecular weight excluding hydrogens is 779 g/mol. The SMILES string of the molecule is CCN1CCN(c2ccc(-c3cc(Cl)n4nccc4n3)cc2)CC1.CCN1CCN(c2ccc(-c3cc(OCc4ccc(Cl)cc4Cl)n4nccc4n3)cc2)CC1. The Morgan fingerprint density at radius 2 is 1.07 bits per heavy atom. The highest BCUT2D eigenvalue weighted by Gasteiger charge is 2.18. The molecule has 2 aliphatic rings. The van der Waals surface area contributed by atoms with Gasteiger partial charge in [0, 0.05) is 115 Å². The zero-order chi connectivity index (χ0) is 39.3. The molecule has 0 bridgehead atoms. The number of ether oxygens (including phenoxy) is 1. The van der Waals surface area contributed by atoms with Crippen LogP contribution < -0.4 is 14.5 Å². The summed E-state index contributed by atoms with van der Waals surface area (Å²) in [6.45, 7) is 15.7. The molecule has 4 aromatic heterocycles. The fourth-order valence-electron chi connectivity index (χ4n) is 7.28. The zero-order valence-electron chi connectivity index (χ0n) is 32.1. The van der Waals surface area contributed by atoms with E-state index in [1.165, 1.54) is 11.4 Å². The Morgan fingerprint density at radius 1 is 0.561 bits per heavy atom. The fraction of sp³-hybridized carbons (Fsp3) is 0.302. The van der Waals surface area contributed by atoms with E-state index in [-0.39, 0.29) is 0 Å². The minimum atomic E-state index is 0.303. The summed E-state index contributed by atoms with van der Waals surface area (Å²) in [5.41, 5.74) is 8.66. The van der Waals surface area contributed by atoms with Gasteiger partial charge in [0.15, 0.2) is 11.3 Å². The lowest BCUT2D eigenvalue weighted by Crippen LogP contribution is -2.46. The summed E-state index contributed by atoms with van der Waals surface area (Å²) < 4.78 is 9.43. The maximum atomic E-state index is 6.31. The molecule has 0 amide bonds. The molecule has 0 aliphatic carbocycles. The van der Waals surface area contributed by atoms with E-state index in [2.05, 4.69) is 97.2 Å². The highest BCUT2D eigenvalue weighted by molar-refractivity contribution is 6.35. The van der Waals surface area contributed by atoms with Crippen LogP contribution in [0.3, 0.4) is 0 Å². The van der Waals surface area contributed by atoms with Gasteiger partial charge in [0.1, 0.15) is 11.8 Å². The van der Waals surface area contributed by atoms with E-state index in [0.29, 0.717) is 27.7 Å². The van der Waals surface area contributed by atoms with Crippen molar-refractivity contribution >= 4 is 57.5 Å². The number of benzene rings is 3. The van der Waals surface area contributed by atoms with Crippen LogP contribution in [0.15, 0.2) is 103 Å². The van der Waals surface area contributed by atoms with Crippen LogP contribution in [0, 0.1) is 0 Å². The molecule has 2 saturated heterocycles. The molecule has 11 nitrogen and oxygen atoms in total. The van der Waals surface area contributed by atoms with Gasteiger partial charge in [-0.3, -0.25) is 0 Å². The molecule has 0 spiro atoms. The standard InChI is InChI=1S/C25H25Cl2N5O.C18H20ClN5/c1-2-30-11-13-31(14-12-30)21-7-4-18(5-8-21)23-16-25(32-24(29-23)9-10-28-32)33-17-19-3-6-20(26)15-22(19)27;1-2-22-9-11-23(12-10-22)15-5-3-14(4-6-15)16-13-17(19)24-18(21-16)7-8-20-24/h3-10,15-16H,2,11-14,17H2,1H3;3-8,13H,2,9-12H2,1H3. The highest BCUT2D eigenvalue weighted by atomic mass is 35.5. The van der Waals surface area contributed by atoms with Gasteiger partial charge >= 0.3 is 0 Å². The quantitative estimate of drug-likeness (QED) is 0.133. The van der Waals surface area contributed by atoms with Crippen molar-refractivity contribution in [1.82, 2.24) is 39.0 Å². The fourth-order valence-corrected chi connectivity index (χ4v) is 7.98. The van der Waals surface area contributed by atoms with Crippen LogP contribution in [0.4, 0.5) is 11.4 Å². The molecule has 3 aromatic carbocycles. The summed E-state index contributed by atoms with van der Waals surface area (Å²) in [4.78, 5) is 19.2. The maximum Gasteiger partial charge on any atom is 0.218 e. The van der Waals surface area contributed by atoms with Crippen LogP contribution in [-0.4, -0.2) is 104 Å². The second-order valence-corrected chi connectivity index (χ2v) is 15.3. The maximum absolute atomic E-state index is 6.31. The second-order valence-electron chi connectivity index (χ2n) is 14.1. The Balaban J connectivity index is 0.000000168. The van der Waals surface area contributed by atoms with E-state index >= 15 is 0 Å². The predicted molar refractivity (Wildman–Crippen MR) is 231 cm³/mol. The van der Waals surface area contributed by atoms with Crippen molar-refractivity contribution in [3.63, 3.8) is 0 Å². The van der Waals surface area contributed by atoms with Gasteiger partial charge < -0.3 is 24.3 Å². The van der Waals surface area contributed by atoms with Crippen LogP contribution in [0.25, 0.3) is 33.8 Å².